The van der Waals surface area contributed by atoms with Crippen LogP contribution in [0.25, 0.3) is 49.7 Å². The molecule has 3 fully saturated rings. The number of aromatic nitrogens is 1. The van der Waals surface area contributed by atoms with Crippen molar-refractivity contribution in [2.24, 2.45) is 17.8 Å². The maximum Gasteiger partial charge on any atom is 0.0541 e. The predicted molar refractivity (Wildman–Crippen MR) is 181 cm³/mol. The molecule has 0 radical (unpaired) electrons. The lowest BCUT2D eigenvalue weighted by Gasteiger charge is -2.64. The van der Waals surface area contributed by atoms with Gasteiger partial charge in [-0.25, -0.2) is 0 Å². The highest BCUT2D eigenvalue weighted by Gasteiger charge is 2.68. The van der Waals surface area contributed by atoms with Crippen molar-refractivity contribution in [1.82, 2.24) is 4.57 Å². The molecule has 3 saturated carbocycles. The Balaban J connectivity index is 1.30. The van der Waals surface area contributed by atoms with Crippen LogP contribution in [-0.2, 0) is 5.41 Å². The van der Waals surface area contributed by atoms with Gasteiger partial charge in [-0.2, -0.15) is 0 Å². The average Bonchev–Trinajstić information content (AvgIpc) is 3.33. The van der Waals surface area contributed by atoms with Crippen molar-refractivity contribution in [2.75, 3.05) is 0 Å². The lowest BCUT2D eigenvalue weighted by molar-refractivity contribution is -0.0793. The third-order valence-electron chi connectivity index (χ3n) is 11.4. The van der Waals surface area contributed by atoms with E-state index < -0.39 is 0 Å². The molecule has 3 aliphatic carbocycles. The second kappa shape index (κ2) is 8.96. The minimum atomic E-state index is 0.392. The van der Waals surface area contributed by atoms with Crippen LogP contribution in [-0.4, -0.2) is 4.57 Å². The fraction of sp³-hybridized carbons (Fsp3) is 0.286. The molecular weight excluding hydrogens is 518 g/mol. The highest BCUT2D eigenvalue weighted by atomic mass is 15.0. The summed E-state index contributed by atoms with van der Waals surface area (Å²) in [5.41, 5.74) is 16.4. The third-order valence-corrected chi connectivity index (χ3v) is 11.4. The SMILES string of the molecule is Cc1cc(C)cc(-c2ccc3c(c2)c2cc(-c4cc(C)cc(C)c4)ccc2n3-c2ccccc2C23CC4CCC(C2)C43)c1. The largest absolute Gasteiger partial charge is 0.309 e. The lowest BCUT2D eigenvalue weighted by Crippen LogP contribution is -2.60. The highest BCUT2D eigenvalue weighted by molar-refractivity contribution is 6.11. The second-order valence-electron chi connectivity index (χ2n) is 14.3. The summed E-state index contributed by atoms with van der Waals surface area (Å²) in [5.74, 6) is 2.84. The Labute approximate surface area is 255 Å². The van der Waals surface area contributed by atoms with Crippen molar-refractivity contribution >= 4 is 21.8 Å². The maximum atomic E-state index is 2.60. The molecule has 1 heterocycles. The van der Waals surface area contributed by atoms with E-state index >= 15 is 0 Å². The van der Waals surface area contributed by atoms with Gasteiger partial charge in [-0.3, -0.25) is 0 Å². The Hall–Kier alpha value is -4.10. The average molecular weight is 558 g/mol. The van der Waals surface area contributed by atoms with Crippen molar-refractivity contribution in [1.29, 1.82) is 0 Å². The van der Waals surface area contributed by atoms with Crippen LogP contribution >= 0.6 is 0 Å². The summed E-state index contributed by atoms with van der Waals surface area (Å²) >= 11 is 0. The third kappa shape index (κ3) is 3.64. The van der Waals surface area contributed by atoms with Gasteiger partial charge in [-0.05, 0) is 129 Å². The Morgan fingerprint density at radius 1 is 0.535 bits per heavy atom. The summed E-state index contributed by atoms with van der Waals surface area (Å²) in [7, 11) is 0. The number of rotatable bonds is 4. The number of benzene rings is 5. The van der Waals surface area contributed by atoms with Gasteiger partial charge in [0.05, 0.1) is 11.0 Å². The van der Waals surface area contributed by atoms with Gasteiger partial charge in [0.25, 0.3) is 0 Å². The summed E-state index contributed by atoms with van der Waals surface area (Å²) in [6, 6.07) is 37.6. The number of fused-ring (bicyclic) bond motifs is 3. The van der Waals surface area contributed by atoms with Gasteiger partial charge >= 0.3 is 0 Å². The first kappa shape index (κ1) is 25.4. The maximum absolute atomic E-state index is 2.60. The monoisotopic (exact) mass is 557 g/mol. The molecule has 0 saturated heterocycles. The van der Waals surface area contributed by atoms with E-state index in [0.29, 0.717) is 5.41 Å². The molecule has 43 heavy (non-hydrogen) atoms. The Bertz CT molecular complexity index is 1940. The van der Waals surface area contributed by atoms with E-state index in [9.17, 15) is 0 Å². The number of para-hydroxylation sites is 1. The van der Waals surface area contributed by atoms with Gasteiger partial charge in [0.15, 0.2) is 0 Å². The standard InChI is InChI=1S/C42H39N/c1-25-15-26(2)18-33(17-25)29-11-13-38-35(21-29)36-22-30(34-19-27(3)16-28(4)20-34)12-14-39(36)43(38)40-8-6-5-7-37(40)42-23-31-9-10-32(24-42)41(31)42/h5-8,11-22,31-32,41H,9-10,23-24H2,1-4H3. The molecule has 1 nitrogen and oxygen atoms in total. The summed E-state index contributed by atoms with van der Waals surface area (Å²) in [6.45, 7) is 8.81. The van der Waals surface area contributed by atoms with Crippen molar-refractivity contribution in [3.63, 3.8) is 0 Å². The van der Waals surface area contributed by atoms with Gasteiger partial charge in [0.1, 0.15) is 0 Å². The number of nitrogens with zero attached hydrogens (tertiary/aromatic N) is 1. The zero-order valence-corrected chi connectivity index (χ0v) is 25.7. The van der Waals surface area contributed by atoms with Crippen LogP contribution in [0.4, 0.5) is 0 Å². The smallest absolute Gasteiger partial charge is 0.0541 e. The molecule has 0 bridgehead atoms. The Kier molecular flexibility index (Phi) is 5.29. The molecule has 1 aromatic heterocycles. The van der Waals surface area contributed by atoms with Gasteiger partial charge in [0, 0.05) is 21.9 Å². The van der Waals surface area contributed by atoms with Crippen LogP contribution in [0, 0.1) is 45.4 Å². The van der Waals surface area contributed by atoms with E-state index in [1.54, 1.807) is 5.56 Å². The van der Waals surface area contributed by atoms with Crippen LogP contribution in [0.15, 0.2) is 97.1 Å². The lowest BCUT2D eigenvalue weighted by atomic mass is 9.39. The molecule has 2 unspecified atom stereocenters. The van der Waals surface area contributed by atoms with E-state index in [1.165, 1.54) is 97.7 Å². The van der Waals surface area contributed by atoms with Crippen LogP contribution in [0.1, 0.15) is 53.5 Å². The Morgan fingerprint density at radius 3 is 1.53 bits per heavy atom. The molecular formula is C42H39N. The zero-order chi connectivity index (χ0) is 29.0. The number of hydrogen-bond donors (Lipinski definition) is 0. The summed E-state index contributed by atoms with van der Waals surface area (Å²) in [4.78, 5) is 0. The summed E-state index contributed by atoms with van der Waals surface area (Å²) in [5, 5.41) is 2.67. The van der Waals surface area contributed by atoms with Crippen LogP contribution in [0.5, 0.6) is 0 Å². The van der Waals surface area contributed by atoms with Gasteiger partial charge < -0.3 is 4.57 Å². The van der Waals surface area contributed by atoms with E-state index in [2.05, 4.69) is 129 Å². The molecule has 2 atom stereocenters. The summed E-state index contributed by atoms with van der Waals surface area (Å²) < 4.78 is 2.60. The van der Waals surface area contributed by atoms with Gasteiger partial charge in [0.2, 0.25) is 0 Å². The van der Waals surface area contributed by atoms with E-state index in [-0.39, 0.29) is 0 Å². The van der Waals surface area contributed by atoms with Crippen LogP contribution < -0.4 is 0 Å². The molecule has 1 heteroatoms. The molecule has 212 valence electrons. The fourth-order valence-corrected chi connectivity index (χ4v) is 9.92. The fourth-order valence-electron chi connectivity index (χ4n) is 9.92. The minimum Gasteiger partial charge on any atom is -0.309 e. The molecule has 0 aliphatic heterocycles. The molecule has 0 amide bonds. The number of hydrogen-bond acceptors (Lipinski definition) is 0. The van der Waals surface area contributed by atoms with Crippen molar-refractivity contribution in [2.45, 2.75) is 58.8 Å². The van der Waals surface area contributed by atoms with Crippen LogP contribution in [0.2, 0.25) is 0 Å². The first-order chi connectivity index (χ1) is 20.9. The molecule has 5 aromatic carbocycles. The van der Waals surface area contributed by atoms with Crippen molar-refractivity contribution in [3.8, 4) is 27.9 Å². The molecule has 9 rings (SSSR count). The Morgan fingerprint density at radius 2 is 1.02 bits per heavy atom. The first-order valence-corrected chi connectivity index (χ1v) is 16.2. The van der Waals surface area contributed by atoms with Gasteiger partial charge in [-0.1, -0.05) is 89.0 Å². The molecule has 3 aliphatic rings. The second-order valence-corrected chi connectivity index (χ2v) is 14.3. The first-order valence-electron chi connectivity index (χ1n) is 16.2. The summed E-state index contributed by atoms with van der Waals surface area (Å²) in [6.07, 6.45) is 5.68. The van der Waals surface area contributed by atoms with E-state index in [4.69, 9.17) is 0 Å². The van der Waals surface area contributed by atoms with Crippen LogP contribution in [0.3, 0.4) is 0 Å². The molecule has 0 spiro atoms. The highest BCUT2D eigenvalue weighted by Crippen LogP contribution is 2.74. The van der Waals surface area contributed by atoms with Crippen molar-refractivity contribution in [3.05, 3.63) is 125 Å². The number of aryl methyl sites for hydroxylation is 4. The van der Waals surface area contributed by atoms with E-state index in [1.807, 2.05) is 0 Å². The van der Waals surface area contributed by atoms with Crippen molar-refractivity contribution < 1.29 is 0 Å². The van der Waals surface area contributed by atoms with E-state index in [0.717, 1.165) is 17.8 Å². The van der Waals surface area contributed by atoms with Gasteiger partial charge in [-0.15, -0.1) is 0 Å². The molecule has 0 N–H and O–H groups in total. The minimum absolute atomic E-state index is 0.392. The topological polar surface area (TPSA) is 4.93 Å². The quantitative estimate of drug-likeness (QED) is 0.203. The zero-order valence-electron chi connectivity index (χ0n) is 25.7. The molecule has 6 aromatic rings. The predicted octanol–water partition coefficient (Wildman–Crippen LogP) is 11.0. The normalized spacial score (nSPS) is 23.8.